The molecule has 0 fully saturated rings. The van der Waals surface area contributed by atoms with Crippen LogP contribution in [-0.2, 0) is 4.79 Å². The number of carboxylic acids is 1. The van der Waals surface area contributed by atoms with Crippen LogP contribution in [0, 0.1) is 5.82 Å². The number of aliphatic carboxylic acids is 1. The van der Waals surface area contributed by atoms with Gasteiger partial charge in [-0.1, -0.05) is 11.6 Å². The topological polar surface area (TPSA) is 77.8 Å². The summed E-state index contributed by atoms with van der Waals surface area (Å²) in [7, 11) is 2.70. The Kier molecular flexibility index (Phi) is 6.23. The van der Waals surface area contributed by atoms with Crippen molar-refractivity contribution in [1.29, 1.82) is 0 Å². The van der Waals surface area contributed by atoms with Gasteiger partial charge in [-0.05, 0) is 48.5 Å². The Hall–Kier alpha value is -3.58. The first-order valence-electron chi connectivity index (χ1n) is 8.70. The number of nitrogens with zero attached hydrogens (tertiary/aromatic N) is 1. The smallest absolute Gasteiger partial charge is 0.328 e. The van der Waals surface area contributed by atoms with Crippen molar-refractivity contribution < 1.29 is 28.6 Å². The molecule has 0 saturated heterocycles. The number of hydrogen-bond donors (Lipinski definition) is 1. The molecule has 2 aromatic carbocycles. The number of ether oxygens (including phenoxy) is 2. The molecule has 8 heteroatoms. The van der Waals surface area contributed by atoms with E-state index < -0.39 is 17.6 Å². The standard InChI is InChI=1S/C22H17ClFNO5/c1-29-18-9-7-16(24)20(22(18)30-2)21(28)15-12-13(23)5-8-17(15)25-11-3-4-14(25)6-10-19(26)27/h3-12H,1-2H3,(H,26,27). The number of carboxylic acid groups (broad SMARTS) is 1. The van der Waals surface area contributed by atoms with Crippen LogP contribution in [0.15, 0.2) is 54.7 Å². The maximum Gasteiger partial charge on any atom is 0.328 e. The molecule has 1 heterocycles. The monoisotopic (exact) mass is 429 g/mol. The fourth-order valence-electron chi connectivity index (χ4n) is 3.06. The summed E-state index contributed by atoms with van der Waals surface area (Å²) in [5.41, 5.74) is 0.708. The molecular formula is C22H17ClFNO5. The number of carbonyl (C=O) groups excluding carboxylic acids is 1. The first kappa shape index (κ1) is 21.1. The van der Waals surface area contributed by atoms with Crippen molar-refractivity contribution in [2.45, 2.75) is 0 Å². The first-order chi connectivity index (χ1) is 14.4. The average molecular weight is 430 g/mol. The lowest BCUT2D eigenvalue weighted by molar-refractivity contribution is -0.131. The number of halogens is 2. The van der Waals surface area contributed by atoms with Gasteiger partial charge in [0.1, 0.15) is 11.4 Å². The van der Waals surface area contributed by atoms with Crippen LogP contribution in [0.4, 0.5) is 4.39 Å². The molecule has 30 heavy (non-hydrogen) atoms. The highest BCUT2D eigenvalue weighted by atomic mass is 35.5. The molecule has 0 radical (unpaired) electrons. The van der Waals surface area contributed by atoms with Crippen LogP contribution in [0.25, 0.3) is 11.8 Å². The molecule has 0 unspecified atom stereocenters. The Morgan fingerprint density at radius 2 is 1.90 bits per heavy atom. The molecule has 0 atom stereocenters. The Balaban J connectivity index is 2.21. The molecule has 3 rings (SSSR count). The second kappa shape index (κ2) is 8.84. The molecular weight excluding hydrogens is 413 g/mol. The molecule has 3 aromatic rings. The fraction of sp³-hybridized carbons (Fsp3) is 0.0909. The van der Waals surface area contributed by atoms with E-state index >= 15 is 0 Å². The third-order valence-electron chi connectivity index (χ3n) is 4.36. The lowest BCUT2D eigenvalue weighted by Gasteiger charge is -2.16. The summed E-state index contributed by atoms with van der Waals surface area (Å²) in [6.45, 7) is 0. The molecule has 1 aromatic heterocycles. The lowest BCUT2D eigenvalue weighted by atomic mass is 9.99. The predicted octanol–water partition coefficient (Wildman–Crippen LogP) is 4.62. The van der Waals surface area contributed by atoms with Gasteiger partial charge in [0.15, 0.2) is 11.5 Å². The van der Waals surface area contributed by atoms with Crippen molar-refractivity contribution in [1.82, 2.24) is 4.57 Å². The van der Waals surface area contributed by atoms with Crippen molar-refractivity contribution in [3.05, 3.63) is 82.4 Å². The summed E-state index contributed by atoms with van der Waals surface area (Å²) in [6.07, 6.45) is 4.02. The largest absolute Gasteiger partial charge is 0.493 e. The van der Waals surface area contributed by atoms with Crippen LogP contribution < -0.4 is 9.47 Å². The van der Waals surface area contributed by atoms with Crippen molar-refractivity contribution in [3.8, 4) is 17.2 Å². The van der Waals surface area contributed by atoms with E-state index in [1.54, 1.807) is 35.0 Å². The summed E-state index contributed by atoms with van der Waals surface area (Å²) in [5, 5.41) is 9.18. The van der Waals surface area contributed by atoms with Crippen LogP contribution in [0.2, 0.25) is 5.02 Å². The molecule has 0 spiro atoms. The average Bonchev–Trinajstić information content (AvgIpc) is 3.19. The number of rotatable bonds is 7. The van der Waals surface area contributed by atoms with E-state index in [1.807, 2.05) is 0 Å². The van der Waals surface area contributed by atoms with Crippen LogP contribution >= 0.6 is 11.6 Å². The van der Waals surface area contributed by atoms with Gasteiger partial charge in [-0.15, -0.1) is 0 Å². The Morgan fingerprint density at radius 3 is 2.57 bits per heavy atom. The van der Waals surface area contributed by atoms with Crippen LogP contribution in [0.5, 0.6) is 11.5 Å². The van der Waals surface area contributed by atoms with Crippen LogP contribution in [-0.4, -0.2) is 35.6 Å². The normalized spacial score (nSPS) is 10.9. The summed E-state index contributed by atoms with van der Waals surface area (Å²) >= 11 is 6.12. The summed E-state index contributed by atoms with van der Waals surface area (Å²) in [4.78, 5) is 24.3. The number of methoxy groups -OCH3 is 2. The van der Waals surface area contributed by atoms with Crippen molar-refractivity contribution >= 4 is 29.4 Å². The highest BCUT2D eigenvalue weighted by Gasteiger charge is 2.26. The van der Waals surface area contributed by atoms with Gasteiger partial charge in [0.05, 0.1) is 19.9 Å². The predicted molar refractivity (Wildman–Crippen MR) is 110 cm³/mol. The zero-order chi connectivity index (χ0) is 21.8. The van der Waals surface area contributed by atoms with E-state index in [2.05, 4.69) is 0 Å². The van der Waals surface area contributed by atoms with E-state index in [1.165, 1.54) is 32.4 Å². The van der Waals surface area contributed by atoms with Crippen LogP contribution in [0.1, 0.15) is 21.6 Å². The molecule has 0 amide bonds. The zero-order valence-electron chi connectivity index (χ0n) is 16.1. The summed E-state index contributed by atoms with van der Waals surface area (Å²) < 4.78 is 26.7. The quantitative estimate of drug-likeness (QED) is 0.438. The fourth-order valence-corrected chi connectivity index (χ4v) is 3.23. The molecule has 0 bridgehead atoms. The molecule has 154 valence electrons. The van der Waals surface area contributed by atoms with Gasteiger partial charge in [0.25, 0.3) is 0 Å². The zero-order valence-corrected chi connectivity index (χ0v) is 16.8. The Bertz CT molecular complexity index is 1150. The van der Waals surface area contributed by atoms with Gasteiger partial charge in [-0.25, -0.2) is 9.18 Å². The summed E-state index contributed by atoms with van der Waals surface area (Å²) in [5.74, 6) is -2.38. The molecule has 0 saturated carbocycles. The lowest BCUT2D eigenvalue weighted by Crippen LogP contribution is -2.12. The number of aromatic nitrogens is 1. The van der Waals surface area contributed by atoms with Gasteiger partial charge in [-0.2, -0.15) is 0 Å². The van der Waals surface area contributed by atoms with Crippen LogP contribution in [0.3, 0.4) is 0 Å². The number of benzene rings is 2. The second-order valence-electron chi connectivity index (χ2n) is 6.12. The molecule has 6 nitrogen and oxygen atoms in total. The van der Waals surface area contributed by atoms with E-state index in [9.17, 15) is 14.0 Å². The third-order valence-corrected chi connectivity index (χ3v) is 4.60. The minimum absolute atomic E-state index is 0.0353. The summed E-state index contributed by atoms with van der Waals surface area (Å²) in [6, 6.07) is 10.4. The van der Waals surface area contributed by atoms with Gasteiger partial charge < -0.3 is 19.1 Å². The highest BCUT2D eigenvalue weighted by Crippen LogP contribution is 2.36. The molecule has 0 aliphatic rings. The maximum atomic E-state index is 14.7. The minimum Gasteiger partial charge on any atom is -0.493 e. The number of carbonyl (C=O) groups is 2. The van der Waals surface area contributed by atoms with Crippen molar-refractivity contribution in [3.63, 3.8) is 0 Å². The minimum atomic E-state index is -1.11. The van der Waals surface area contributed by atoms with Gasteiger partial charge in [-0.3, -0.25) is 4.79 Å². The first-order valence-corrected chi connectivity index (χ1v) is 9.08. The SMILES string of the molecule is COc1ccc(F)c(C(=O)c2cc(Cl)ccc2-n2cccc2C=CC(=O)O)c1OC. The highest BCUT2D eigenvalue weighted by molar-refractivity contribution is 6.31. The molecule has 0 aliphatic heterocycles. The maximum absolute atomic E-state index is 14.7. The van der Waals surface area contributed by atoms with E-state index in [-0.39, 0.29) is 27.6 Å². The van der Waals surface area contributed by atoms with E-state index in [0.29, 0.717) is 11.4 Å². The van der Waals surface area contributed by atoms with Crippen molar-refractivity contribution in [2.24, 2.45) is 0 Å². The van der Waals surface area contributed by atoms with Crippen molar-refractivity contribution in [2.75, 3.05) is 14.2 Å². The number of hydrogen-bond acceptors (Lipinski definition) is 4. The Morgan fingerprint density at radius 1 is 1.13 bits per heavy atom. The molecule has 1 N–H and O–H groups in total. The molecule has 0 aliphatic carbocycles. The Labute approximate surface area is 176 Å². The second-order valence-corrected chi connectivity index (χ2v) is 6.56. The van der Waals surface area contributed by atoms with Gasteiger partial charge in [0.2, 0.25) is 5.78 Å². The van der Waals surface area contributed by atoms with E-state index in [0.717, 1.165) is 12.1 Å². The van der Waals surface area contributed by atoms with Gasteiger partial charge >= 0.3 is 5.97 Å². The van der Waals surface area contributed by atoms with Gasteiger partial charge in [0, 0.05) is 28.6 Å². The van der Waals surface area contributed by atoms with E-state index in [4.69, 9.17) is 26.2 Å². The number of ketones is 1. The third kappa shape index (κ3) is 4.06.